The summed E-state index contributed by atoms with van der Waals surface area (Å²) in [5, 5.41) is 10.6. The van der Waals surface area contributed by atoms with Crippen molar-refractivity contribution >= 4 is 0 Å². The Morgan fingerprint density at radius 3 is 2.54 bits per heavy atom. The van der Waals surface area contributed by atoms with Gasteiger partial charge in [-0.1, -0.05) is 55.8 Å². The molecule has 1 N–H and O–H groups in total. The lowest BCUT2D eigenvalue weighted by Gasteiger charge is -2.29. The Bertz CT molecular complexity index is 600. The molecule has 3 nitrogen and oxygen atoms in total. The second-order valence-electron chi connectivity index (χ2n) is 6.36. The van der Waals surface area contributed by atoms with Gasteiger partial charge in [0.15, 0.2) is 0 Å². The van der Waals surface area contributed by atoms with E-state index in [9.17, 15) is 5.11 Å². The molecule has 24 heavy (non-hydrogen) atoms. The molecular weight excluding hydrogens is 298 g/mol. The van der Waals surface area contributed by atoms with Crippen LogP contribution in [0.2, 0.25) is 0 Å². The summed E-state index contributed by atoms with van der Waals surface area (Å²) in [6, 6.07) is 18.1. The van der Waals surface area contributed by atoms with Crippen LogP contribution in [-0.2, 0) is 6.54 Å². The van der Waals surface area contributed by atoms with Gasteiger partial charge in [-0.15, -0.1) is 0 Å². The number of hydrogen-bond acceptors (Lipinski definition) is 3. The van der Waals surface area contributed by atoms with Crippen molar-refractivity contribution in [3.8, 4) is 5.75 Å². The minimum Gasteiger partial charge on any atom is -0.494 e. The minimum absolute atomic E-state index is 0.0251. The second-order valence-corrected chi connectivity index (χ2v) is 6.36. The summed E-state index contributed by atoms with van der Waals surface area (Å²) in [6.45, 7) is 5.75. The average molecular weight is 327 g/mol. The third kappa shape index (κ3) is 5.36. The van der Waals surface area contributed by atoms with E-state index < -0.39 is 6.10 Å². The average Bonchev–Trinajstić information content (AvgIpc) is 2.62. The van der Waals surface area contributed by atoms with Gasteiger partial charge in [0.25, 0.3) is 0 Å². The summed E-state index contributed by atoms with van der Waals surface area (Å²) in [7, 11) is 2.04. The number of unbranched alkanes of at least 4 members (excludes halogenated alkanes) is 1. The lowest BCUT2D eigenvalue weighted by atomic mass is 10.0. The van der Waals surface area contributed by atoms with Gasteiger partial charge < -0.3 is 9.84 Å². The fourth-order valence-corrected chi connectivity index (χ4v) is 2.67. The van der Waals surface area contributed by atoms with Crippen LogP contribution in [0.4, 0.5) is 0 Å². The predicted octanol–water partition coefficient (Wildman–Crippen LogP) is 4.42. The van der Waals surface area contributed by atoms with Crippen LogP contribution in [-0.4, -0.2) is 29.7 Å². The van der Waals surface area contributed by atoms with Crippen molar-refractivity contribution in [2.24, 2.45) is 0 Å². The molecule has 0 saturated carbocycles. The number of hydrogen-bond donors (Lipinski definition) is 1. The predicted molar refractivity (Wildman–Crippen MR) is 99.2 cm³/mol. The molecular formula is C21H29NO2. The van der Waals surface area contributed by atoms with Crippen LogP contribution in [0.3, 0.4) is 0 Å². The summed E-state index contributed by atoms with van der Waals surface area (Å²) in [5.74, 6) is 0.922. The maximum absolute atomic E-state index is 10.6. The van der Waals surface area contributed by atoms with Gasteiger partial charge in [0.1, 0.15) is 5.75 Å². The van der Waals surface area contributed by atoms with Gasteiger partial charge in [-0.2, -0.15) is 0 Å². The van der Waals surface area contributed by atoms with E-state index >= 15 is 0 Å². The quantitative estimate of drug-likeness (QED) is 0.692. The fourth-order valence-electron chi connectivity index (χ4n) is 2.67. The lowest BCUT2D eigenvalue weighted by molar-refractivity contribution is 0.0688. The summed E-state index contributed by atoms with van der Waals surface area (Å²) in [5.41, 5.74) is 2.15. The SMILES string of the molecule is CCCCOc1cccc(CN(C)C(C)C(O)c2ccccc2)c1. The highest BCUT2D eigenvalue weighted by Gasteiger charge is 2.20. The number of likely N-dealkylation sites (N-methyl/N-ethyl adjacent to an activating group) is 1. The topological polar surface area (TPSA) is 32.7 Å². The zero-order valence-corrected chi connectivity index (χ0v) is 15.0. The monoisotopic (exact) mass is 327 g/mol. The van der Waals surface area contributed by atoms with Crippen LogP contribution in [0.1, 0.15) is 43.9 Å². The van der Waals surface area contributed by atoms with Crippen molar-refractivity contribution in [1.29, 1.82) is 0 Å². The molecule has 0 saturated heterocycles. The molecule has 130 valence electrons. The molecule has 0 fully saturated rings. The van der Waals surface area contributed by atoms with E-state index in [1.165, 1.54) is 5.56 Å². The molecule has 2 aromatic rings. The summed E-state index contributed by atoms with van der Waals surface area (Å²) < 4.78 is 5.78. The molecule has 0 heterocycles. The largest absolute Gasteiger partial charge is 0.494 e. The summed E-state index contributed by atoms with van der Waals surface area (Å²) >= 11 is 0. The van der Waals surface area contributed by atoms with Gasteiger partial charge in [0, 0.05) is 12.6 Å². The normalized spacial score (nSPS) is 13.7. The number of aliphatic hydroxyl groups is 1. The highest BCUT2D eigenvalue weighted by Crippen LogP contribution is 2.22. The van der Waals surface area contributed by atoms with Crippen molar-refractivity contribution in [3.05, 3.63) is 65.7 Å². The molecule has 0 aliphatic heterocycles. The Balaban J connectivity index is 1.95. The molecule has 2 aromatic carbocycles. The van der Waals surface area contributed by atoms with Gasteiger partial charge in [-0.3, -0.25) is 4.90 Å². The van der Waals surface area contributed by atoms with E-state index in [0.29, 0.717) is 0 Å². The Hall–Kier alpha value is -1.84. The first-order valence-corrected chi connectivity index (χ1v) is 8.76. The Morgan fingerprint density at radius 2 is 1.83 bits per heavy atom. The third-order valence-electron chi connectivity index (χ3n) is 4.39. The highest BCUT2D eigenvalue weighted by atomic mass is 16.5. The highest BCUT2D eigenvalue weighted by molar-refractivity contribution is 5.28. The standard InChI is InChI=1S/C21H29NO2/c1-4-5-14-24-20-13-9-10-18(15-20)16-22(3)17(2)21(23)19-11-7-6-8-12-19/h6-13,15,17,21,23H,4-5,14,16H2,1-3H3. The molecule has 0 amide bonds. The lowest BCUT2D eigenvalue weighted by Crippen LogP contribution is -2.33. The summed E-state index contributed by atoms with van der Waals surface area (Å²) in [4.78, 5) is 2.17. The van der Waals surface area contributed by atoms with E-state index in [2.05, 4.69) is 30.9 Å². The molecule has 0 bridgehead atoms. The first-order valence-electron chi connectivity index (χ1n) is 8.76. The zero-order chi connectivity index (χ0) is 17.4. The van der Waals surface area contributed by atoms with Crippen molar-refractivity contribution in [3.63, 3.8) is 0 Å². The minimum atomic E-state index is -0.500. The van der Waals surface area contributed by atoms with Crippen LogP contribution in [0.25, 0.3) is 0 Å². The van der Waals surface area contributed by atoms with Crippen molar-refractivity contribution in [2.75, 3.05) is 13.7 Å². The third-order valence-corrected chi connectivity index (χ3v) is 4.39. The number of nitrogens with zero attached hydrogens (tertiary/aromatic N) is 1. The molecule has 0 spiro atoms. The van der Waals surface area contributed by atoms with Crippen LogP contribution in [0.15, 0.2) is 54.6 Å². The van der Waals surface area contributed by atoms with E-state index in [1.807, 2.05) is 49.5 Å². The van der Waals surface area contributed by atoms with Crippen LogP contribution < -0.4 is 4.74 Å². The number of rotatable bonds is 9. The second kappa shape index (κ2) is 9.45. The van der Waals surface area contributed by atoms with Gasteiger partial charge in [0.05, 0.1) is 12.7 Å². The Labute approximate surface area is 145 Å². The van der Waals surface area contributed by atoms with E-state index in [1.54, 1.807) is 0 Å². The van der Waals surface area contributed by atoms with Crippen molar-refractivity contribution < 1.29 is 9.84 Å². The maximum Gasteiger partial charge on any atom is 0.119 e. The molecule has 0 aromatic heterocycles. The van der Waals surface area contributed by atoms with E-state index in [4.69, 9.17) is 4.74 Å². The van der Waals surface area contributed by atoms with Crippen molar-refractivity contribution in [2.45, 2.75) is 45.4 Å². The van der Waals surface area contributed by atoms with Crippen LogP contribution >= 0.6 is 0 Å². The molecule has 2 atom stereocenters. The molecule has 3 heteroatoms. The van der Waals surface area contributed by atoms with Crippen molar-refractivity contribution in [1.82, 2.24) is 4.90 Å². The molecule has 0 aliphatic rings. The van der Waals surface area contributed by atoms with E-state index in [-0.39, 0.29) is 6.04 Å². The van der Waals surface area contributed by atoms with Gasteiger partial charge >= 0.3 is 0 Å². The molecule has 2 rings (SSSR count). The summed E-state index contributed by atoms with van der Waals surface area (Å²) in [6.07, 6.45) is 1.71. The van der Waals surface area contributed by atoms with Gasteiger partial charge in [0.2, 0.25) is 0 Å². The van der Waals surface area contributed by atoms with E-state index in [0.717, 1.165) is 37.3 Å². The number of benzene rings is 2. The number of aliphatic hydroxyl groups excluding tert-OH is 1. The van der Waals surface area contributed by atoms with Gasteiger partial charge in [-0.05, 0) is 43.7 Å². The smallest absolute Gasteiger partial charge is 0.119 e. The van der Waals surface area contributed by atoms with Crippen LogP contribution in [0, 0.1) is 0 Å². The first kappa shape index (κ1) is 18.5. The Morgan fingerprint density at radius 1 is 1.08 bits per heavy atom. The van der Waals surface area contributed by atoms with Crippen LogP contribution in [0.5, 0.6) is 5.75 Å². The first-order chi connectivity index (χ1) is 11.6. The molecule has 2 unspecified atom stereocenters. The Kier molecular flexibility index (Phi) is 7.29. The fraction of sp³-hybridized carbons (Fsp3) is 0.429. The van der Waals surface area contributed by atoms with Gasteiger partial charge in [-0.25, -0.2) is 0 Å². The maximum atomic E-state index is 10.6. The number of ether oxygens (including phenoxy) is 1. The molecule has 0 aliphatic carbocycles. The molecule has 0 radical (unpaired) electrons. The zero-order valence-electron chi connectivity index (χ0n) is 15.0.